The van der Waals surface area contributed by atoms with Crippen LogP contribution in [0.5, 0.6) is 5.75 Å². The first-order valence-electron chi connectivity index (χ1n) is 10.6. The van der Waals surface area contributed by atoms with Gasteiger partial charge < -0.3 is 15.0 Å². The van der Waals surface area contributed by atoms with Gasteiger partial charge in [0.1, 0.15) is 12.4 Å². The molecule has 1 atom stereocenters. The highest BCUT2D eigenvalue weighted by Gasteiger charge is 2.34. The number of benzene rings is 1. The highest BCUT2D eigenvalue weighted by Crippen LogP contribution is 2.30. The topological polar surface area (TPSA) is 84.4 Å². The number of alkyl halides is 3. The van der Waals surface area contributed by atoms with Crippen molar-refractivity contribution in [2.45, 2.75) is 25.1 Å². The fourth-order valence-electron chi connectivity index (χ4n) is 3.75. The van der Waals surface area contributed by atoms with Crippen LogP contribution >= 0.6 is 0 Å². The van der Waals surface area contributed by atoms with Crippen LogP contribution in [0, 0.1) is 0 Å². The second-order valence-corrected chi connectivity index (χ2v) is 7.70. The maximum Gasteiger partial charge on any atom is 0.416 e. The lowest BCUT2D eigenvalue weighted by molar-refractivity contribution is -0.137. The number of carbonyl (C=O) groups is 2. The van der Waals surface area contributed by atoms with E-state index in [-0.39, 0.29) is 29.7 Å². The van der Waals surface area contributed by atoms with Gasteiger partial charge in [0.15, 0.2) is 11.4 Å². The zero-order valence-corrected chi connectivity index (χ0v) is 18.0. The SMILES string of the molecule is O=C(Nc1ccccn1)c1ncccc1OC[C@H]1CCCN1C(=O)c1cccc(C(F)(F)F)c1. The number of aromatic nitrogens is 2. The lowest BCUT2D eigenvalue weighted by atomic mass is 10.1. The molecule has 1 aliphatic heterocycles. The Labute approximate surface area is 193 Å². The average Bonchev–Trinajstić information content (AvgIpc) is 3.31. The molecule has 1 aromatic carbocycles. The van der Waals surface area contributed by atoms with Crippen LogP contribution in [0.3, 0.4) is 0 Å². The molecule has 1 N–H and O–H groups in total. The van der Waals surface area contributed by atoms with Crippen molar-refractivity contribution in [3.05, 3.63) is 83.8 Å². The summed E-state index contributed by atoms with van der Waals surface area (Å²) in [7, 11) is 0. The number of hydrogen-bond donors (Lipinski definition) is 1. The van der Waals surface area contributed by atoms with Gasteiger partial charge in [0.05, 0.1) is 11.6 Å². The van der Waals surface area contributed by atoms with E-state index in [4.69, 9.17) is 4.74 Å². The number of ether oxygens (including phenoxy) is 1. The van der Waals surface area contributed by atoms with Crippen LogP contribution in [-0.2, 0) is 6.18 Å². The second-order valence-electron chi connectivity index (χ2n) is 7.70. The van der Waals surface area contributed by atoms with E-state index in [0.717, 1.165) is 12.1 Å². The lowest BCUT2D eigenvalue weighted by Crippen LogP contribution is -2.39. The zero-order valence-electron chi connectivity index (χ0n) is 18.0. The fourth-order valence-corrected chi connectivity index (χ4v) is 3.75. The van der Waals surface area contributed by atoms with Crippen LogP contribution in [-0.4, -0.2) is 45.9 Å². The Hall–Kier alpha value is -3.95. The molecule has 176 valence electrons. The Balaban J connectivity index is 1.45. The van der Waals surface area contributed by atoms with Crippen LogP contribution < -0.4 is 10.1 Å². The minimum atomic E-state index is -4.53. The summed E-state index contributed by atoms with van der Waals surface area (Å²) in [5.41, 5.74) is -0.843. The molecule has 1 fully saturated rings. The second kappa shape index (κ2) is 9.90. The van der Waals surface area contributed by atoms with E-state index in [9.17, 15) is 22.8 Å². The van der Waals surface area contributed by atoms with E-state index in [0.29, 0.717) is 25.2 Å². The molecule has 0 saturated carbocycles. The first-order valence-corrected chi connectivity index (χ1v) is 10.6. The normalized spacial score (nSPS) is 15.7. The molecule has 34 heavy (non-hydrogen) atoms. The first kappa shape index (κ1) is 23.2. The Morgan fingerprint density at radius 3 is 2.65 bits per heavy atom. The molecule has 3 aromatic rings. The van der Waals surface area contributed by atoms with Gasteiger partial charge in [-0.3, -0.25) is 9.59 Å². The molecule has 0 bridgehead atoms. The fraction of sp³-hybridized carbons (Fsp3) is 0.250. The number of likely N-dealkylation sites (tertiary alicyclic amines) is 1. The van der Waals surface area contributed by atoms with Gasteiger partial charge in [0.2, 0.25) is 0 Å². The van der Waals surface area contributed by atoms with Crippen molar-refractivity contribution in [2.24, 2.45) is 0 Å². The summed E-state index contributed by atoms with van der Waals surface area (Å²) in [6.45, 7) is 0.476. The lowest BCUT2D eigenvalue weighted by Gasteiger charge is -2.25. The number of halogens is 3. The number of nitrogens with zero attached hydrogens (tertiary/aromatic N) is 3. The summed E-state index contributed by atoms with van der Waals surface area (Å²) in [4.78, 5) is 35.3. The van der Waals surface area contributed by atoms with Crippen LogP contribution in [0.1, 0.15) is 39.3 Å². The van der Waals surface area contributed by atoms with Gasteiger partial charge in [-0.05, 0) is 55.3 Å². The van der Waals surface area contributed by atoms with E-state index in [2.05, 4.69) is 15.3 Å². The van der Waals surface area contributed by atoms with Gasteiger partial charge in [-0.2, -0.15) is 13.2 Å². The van der Waals surface area contributed by atoms with Crippen LogP contribution in [0.2, 0.25) is 0 Å². The minimum absolute atomic E-state index is 0.0291. The van der Waals surface area contributed by atoms with Crippen molar-refractivity contribution >= 4 is 17.6 Å². The zero-order chi connectivity index (χ0) is 24.1. The molecule has 1 saturated heterocycles. The number of anilines is 1. The average molecular weight is 470 g/mol. The van der Waals surface area contributed by atoms with Crippen molar-refractivity contribution in [2.75, 3.05) is 18.5 Å². The molecule has 3 heterocycles. The van der Waals surface area contributed by atoms with E-state index in [1.807, 2.05) is 0 Å². The number of rotatable bonds is 6. The molecule has 1 aliphatic rings. The number of hydrogen-bond acceptors (Lipinski definition) is 5. The third kappa shape index (κ3) is 5.33. The van der Waals surface area contributed by atoms with Gasteiger partial charge in [0, 0.05) is 24.5 Å². The number of carbonyl (C=O) groups excluding carboxylic acids is 2. The first-order chi connectivity index (χ1) is 16.3. The summed E-state index contributed by atoms with van der Waals surface area (Å²) in [5.74, 6) is -0.402. The monoisotopic (exact) mass is 470 g/mol. The maximum absolute atomic E-state index is 13.0. The molecule has 7 nitrogen and oxygen atoms in total. The van der Waals surface area contributed by atoms with Gasteiger partial charge >= 0.3 is 6.18 Å². The Morgan fingerprint density at radius 2 is 1.88 bits per heavy atom. The molecule has 2 amide bonds. The molecule has 10 heteroatoms. The summed E-state index contributed by atoms with van der Waals surface area (Å²) < 4.78 is 45.0. The number of pyridine rings is 2. The summed E-state index contributed by atoms with van der Waals surface area (Å²) in [6, 6.07) is 12.3. The van der Waals surface area contributed by atoms with Crippen LogP contribution in [0.4, 0.5) is 19.0 Å². The molecule has 0 radical (unpaired) electrons. The van der Waals surface area contributed by atoms with Crippen molar-refractivity contribution in [1.29, 1.82) is 0 Å². The van der Waals surface area contributed by atoms with Gasteiger partial charge in [-0.1, -0.05) is 12.1 Å². The van der Waals surface area contributed by atoms with Crippen molar-refractivity contribution in [3.8, 4) is 5.75 Å². The van der Waals surface area contributed by atoms with E-state index in [1.165, 1.54) is 23.2 Å². The molecule has 2 aromatic heterocycles. The third-order valence-corrected chi connectivity index (χ3v) is 5.40. The largest absolute Gasteiger partial charge is 0.489 e. The van der Waals surface area contributed by atoms with Crippen LogP contribution in [0.25, 0.3) is 0 Å². The minimum Gasteiger partial charge on any atom is -0.489 e. The molecule has 4 rings (SSSR count). The summed E-state index contributed by atoms with van der Waals surface area (Å²) >= 11 is 0. The molecule has 0 aliphatic carbocycles. The molecular weight excluding hydrogens is 449 g/mol. The predicted molar refractivity (Wildman–Crippen MR) is 117 cm³/mol. The number of nitrogens with one attached hydrogen (secondary N) is 1. The van der Waals surface area contributed by atoms with Gasteiger partial charge in [0.25, 0.3) is 11.8 Å². The van der Waals surface area contributed by atoms with E-state index >= 15 is 0 Å². The van der Waals surface area contributed by atoms with Crippen molar-refractivity contribution < 1.29 is 27.5 Å². The summed E-state index contributed by atoms with van der Waals surface area (Å²) in [5, 5.41) is 2.64. The van der Waals surface area contributed by atoms with Gasteiger partial charge in [-0.15, -0.1) is 0 Å². The quantitative estimate of drug-likeness (QED) is 0.576. The van der Waals surface area contributed by atoms with Crippen molar-refractivity contribution in [3.63, 3.8) is 0 Å². The predicted octanol–water partition coefficient (Wildman–Crippen LogP) is 4.43. The highest BCUT2D eigenvalue weighted by atomic mass is 19.4. The maximum atomic E-state index is 13.0. The standard InChI is InChI=1S/C24H21F3N4O3/c25-24(26,27)17-7-3-6-16(14-17)23(33)31-13-5-8-18(31)15-34-19-9-4-12-29-21(19)22(32)30-20-10-1-2-11-28-20/h1-4,6-7,9-12,14,18H,5,8,13,15H2,(H,28,30,32)/t18-/m1/s1. The van der Waals surface area contributed by atoms with Crippen molar-refractivity contribution in [1.82, 2.24) is 14.9 Å². The molecule has 0 spiro atoms. The van der Waals surface area contributed by atoms with E-state index < -0.39 is 23.6 Å². The van der Waals surface area contributed by atoms with Gasteiger partial charge in [-0.25, -0.2) is 9.97 Å². The Morgan fingerprint density at radius 1 is 1.06 bits per heavy atom. The highest BCUT2D eigenvalue weighted by molar-refractivity contribution is 6.04. The molecule has 0 unspecified atom stereocenters. The Kier molecular flexibility index (Phi) is 6.76. The summed E-state index contributed by atoms with van der Waals surface area (Å²) in [6.07, 6.45) is -0.212. The smallest absolute Gasteiger partial charge is 0.416 e. The number of amides is 2. The van der Waals surface area contributed by atoms with Crippen LogP contribution in [0.15, 0.2) is 67.0 Å². The Bertz CT molecular complexity index is 1170. The molecular formula is C24H21F3N4O3. The van der Waals surface area contributed by atoms with E-state index in [1.54, 1.807) is 36.5 Å². The third-order valence-electron chi connectivity index (χ3n) is 5.40.